The molecule has 1 aromatic carbocycles. The quantitative estimate of drug-likeness (QED) is 0.298. The summed E-state index contributed by atoms with van der Waals surface area (Å²) in [4.78, 5) is 7.89. The van der Waals surface area contributed by atoms with Crippen LogP contribution in [0.25, 0.3) is 17.3 Å². The normalized spacial score (nSPS) is 14.1. The molecule has 0 radical (unpaired) electrons. The van der Waals surface area contributed by atoms with Gasteiger partial charge in [0.2, 0.25) is 21.8 Å². The third-order valence-electron chi connectivity index (χ3n) is 5.77. The molecule has 4 aromatic rings. The number of alkyl halides is 1. The number of anilines is 1. The monoisotopic (exact) mass is 594 g/mol. The third-order valence-corrected chi connectivity index (χ3v) is 8.02. The van der Waals surface area contributed by atoms with E-state index in [1.807, 2.05) is 0 Å². The number of rotatable bonds is 9. The number of aryl methyl sites for hydroxylation is 1. The molecule has 0 saturated carbocycles. The van der Waals surface area contributed by atoms with Gasteiger partial charge in [-0.3, -0.25) is 9.29 Å². The molecule has 3 aromatic heterocycles. The third kappa shape index (κ3) is 5.03. The second-order valence-corrected chi connectivity index (χ2v) is 11.1. The molecule has 0 aliphatic rings. The van der Waals surface area contributed by atoms with Crippen LogP contribution in [0.4, 0.5) is 10.3 Å². The number of para-hydroxylation sites is 1. The van der Waals surface area contributed by atoms with Gasteiger partial charge >= 0.3 is 0 Å². The van der Waals surface area contributed by atoms with Gasteiger partial charge in [-0.2, -0.15) is 0 Å². The van der Waals surface area contributed by atoms with Gasteiger partial charge in [-0.15, -0.1) is 10.2 Å². The zero-order valence-corrected chi connectivity index (χ0v) is 23.0. The number of benzene rings is 1. The zero-order chi connectivity index (χ0) is 27.0. The van der Waals surface area contributed by atoms with Crippen molar-refractivity contribution >= 4 is 31.9 Å². The zero-order valence-electron chi connectivity index (χ0n) is 20.6. The molecule has 0 bridgehead atoms. The van der Waals surface area contributed by atoms with Gasteiger partial charge in [0.05, 0.1) is 18.7 Å². The molecule has 0 aliphatic carbocycles. The maximum Gasteiger partial charge on any atom is 0.243 e. The Hall–Kier alpha value is -3.52. The summed E-state index contributed by atoms with van der Waals surface area (Å²) in [5.41, 5.74) is -2.13. The summed E-state index contributed by atoms with van der Waals surface area (Å²) in [5.74, 6) is 1.26. The van der Waals surface area contributed by atoms with Crippen molar-refractivity contribution in [2.45, 2.75) is 31.7 Å². The highest BCUT2D eigenvalue weighted by molar-refractivity contribution is 9.10. The van der Waals surface area contributed by atoms with Gasteiger partial charge in [-0.1, -0.05) is 6.07 Å². The summed E-state index contributed by atoms with van der Waals surface area (Å²) in [6, 6.07) is 8.44. The lowest BCUT2D eigenvalue weighted by atomic mass is 10.0. The second-order valence-electron chi connectivity index (χ2n) is 8.19. The fourth-order valence-corrected chi connectivity index (χ4v) is 5.04. The average molecular weight is 595 g/mol. The number of sulfonamides is 1. The molecule has 196 valence electrons. The smallest absolute Gasteiger partial charge is 0.243 e. The van der Waals surface area contributed by atoms with Crippen molar-refractivity contribution in [1.29, 1.82) is 0 Å². The average Bonchev–Trinajstić information content (AvgIpc) is 3.48. The first-order valence-corrected chi connectivity index (χ1v) is 13.3. The molecule has 11 nitrogen and oxygen atoms in total. The van der Waals surface area contributed by atoms with Crippen LogP contribution in [0.5, 0.6) is 11.5 Å². The molecule has 0 saturated heterocycles. The number of hydrogen-bond donors (Lipinski definition) is 1. The summed E-state index contributed by atoms with van der Waals surface area (Å²) in [6.45, 7) is 4.07. The summed E-state index contributed by atoms with van der Waals surface area (Å²) >= 11 is 3.19. The number of hydrogen-bond acceptors (Lipinski definition) is 9. The second kappa shape index (κ2) is 10.1. The highest BCUT2D eigenvalue weighted by Crippen LogP contribution is 2.39. The standard InChI is InChI=1S/C23H24BrFN6O5S/c1-13-9-10-18(36-13)20-28-29-22(31(20)19-16(34-4)7-6-8-17(19)35-5)30-37(32,33)14(2)23(3,25)21-26-11-15(24)12-27-21/h6-12,14H,1-5H3,(H,29,30). The Balaban J connectivity index is 1.84. The van der Waals surface area contributed by atoms with Gasteiger partial charge in [-0.05, 0) is 61.0 Å². The molecule has 3 heterocycles. The van der Waals surface area contributed by atoms with Crippen molar-refractivity contribution in [2.75, 3.05) is 18.9 Å². The number of ether oxygens (including phenoxy) is 2. The van der Waals surface area contributed by atoms with E-state index in [1.165, 1.54) is 38.1 Å². The predicted molar refractivity (Wildman–Crippen MR) is 137 cm³/mol. The van der Waals surface area contributed by atoms with Crippen LogP contribution >= 0.6 is 15.9 Å². The molecule has 0 aliphatic heterocycles. The van der Waals surface area contributed by atoms with E-state index < -0.39 is 20.9 Å². The van der Waals surface area contributed by atoms with Crippen LogP contribution in [0.2, 0.25) is 0 Å². The molecule has 0 amide bonds. The summed E-state index contributed by atoms with van der Waals surface area (Å²) in [6.07, 6.45) is 2.68. The summed E-state index contributed by atoms with van der Waals surface area (Å²) in [7, 11) is -1.50. The van der Waals surface area contributed by atoms with E-state index in [0.717, 1.165) is 6.92 Å². The van der Waals surface area contributed by atoms with Crippen molar-refractivity contribution in [1.82, 2.24) is 24.7 Å². The van der Waals surface area contributed by atoms with Crippen molar-refractivity contribution in [2.24, 2.45) is 0 Å². The molecule has 37 heavy (non-hydrogen) atoms. The summed E-state index contributed by atoms with van der Waals surface area (Å²) in [5, 5.41) is 6.59. The van der Waals surface area contributed by atoms with Gasteiger partial charge in [0.25, 0.3) is 0 Å². The van der Waals surface area contributed by atoms with Gasteiger partial charge in [0, 0.05) is 12.4 Å². The molecule has 0 spiro atoms. The van der Waals surface area contributed by atoms with E-state index in [0.29, 0.717) is 33.2 Å². The number of nitrogens with one attached hydrogen (secondary N) is 1. The fourth-order valence-electron chi connectivity index (χ4n) is 3.58. The Kier molecular flexibility index (Phi) is 7.24. The van der Waals surface area contributed by atoms with E-state index >= 15 is 4.39 Å². The first-order chi connectivity index (χ1) is 17.5. The van der Waals surface area contributed by atoms with Crippen LogP contribution < -0.4 is 14.2 Å². The fraction of sp³-hybridized carbons (Fsp3) is 0.304. The van der Waals surface area contributed by atoms with Gasteiger partial charge in [-0.25, -0.2) is 22.8 Å². The Bertz CT molecular complexity index is 1500. The number of aromatic nitrogens is 5. The van der Waals surface area contributed by atoms with E-state index in [4.69, 9.17) is 13.9 Å². The van der Waals surface area contributed by atoms with Crippen molar-refractivity contribution in [3.8, 4) is 28.8 Å². The van der Waals surface area contributed by atoms with Crippen LogP contribution in [0, 0.1) is 6.92 Å². The first-order valence-electron chi connectivity index (χ1n) is 10.9. The van der Waals surface area contributed by atoms with Gasteiger partial charge in [0.15, 0.2) is 17.3 Å². The topological polar surface area (TPSA) is 134 Å². The molecular weight excluding hydrogens is 571 g/mol. The Morgan fingerprint density at radius 1 is 1.11 bits per heavy atom. The highest BCUT2D eigenvalue weighted by atomic mass is 79.9. The lowest BCUT2D eigenvalue weighted by Gasteiger charge is -2.26. The van der Waals surface area contributed by atoms with Crippen LogP contribution in [-0.4, -0.2) is 52.6 Å². The Morgan fingerprint density at radius 2 is 1.73 bits per heavy atom. The van der Waals surface area contributed by atoms with E-state index in [9.17, 15) is 8.42 Å². The number of halogens is 2. The summed E-state index contributed by atoms with van der Waals surface area (Å²) < 4.78 is 63.8. The molecule has 2 unspecified atom stereocenters. The maximum absolute atomic E-state index is 15.8. The van der Waals surface area contributed by atoms with Crippen LogP contribution in [0.15, 0.2) is 51.6 Å². The van der Waals surface area contributed by atoms with Crippen molar-refractivity contribution < 1.29 is 26.7 Å². The number of furan rings is 1. The maximum atomic E-state index is 15.8. The van der Waals surface area contributed by atoms with Crippen LogP contribution in [0.1, 0.15) is 25.4 Å². The van der Waals surface area contributed by atoms with Gasteiger partial charge < -0.3 is 13.9 Å². The van der Waals surface area contributed by atoms with Gasteiger partial charge in [0.1, 0.15) is 28.2 Å². The van der Waals surface area contributed by atoms with Crippen molar-refractivity contribution in [3.05, 3.63) is 58.8 Å². The lowest BCUT2D eigenvalue weighted by molar-refractivity contribution is 0.175. The molecule has 2 atom stereocenters. The van der Waals surface area contributed by atoms with Crippen LogP contribution in [0.3, 0.4) is 0 Å². The SMILES string of the molecule is COc1cccc(OC)c1-n1c(NS(=O)(=O)C(C)C(C)(F)c2ncc(Br)cn2)nnc1-c1ccc(C)o1. The molecule has 4 rings (SSSR count). The minimum absolute atomic E-state index is 0.167. The highest BCUT2D eigenvalue weighted by Gasteiger charge is 2.45. The minimum Gasteiger partial charge on any atom is -0.494 e. The molecule has 14 heteroatoms. The largest absolute Gasteiger partial charge is 0.494 e. The van der Waals surface area contributed by atoms with E-state index in [2.05, 4.69) is 40.8 Å². The number of methoxy groups -OCH3 is 2. The minimum atomic E-state index is -4.41. The Labute approximate surface area is 221 Å². The van der Waals surface area contributed by atoms with E-state index in [1.54, 1.807) is 37.3 Å². The lowest BCUT2D eigenvalue weighted by Crippen LogP contribution is -2.41. The molecule has 1 N–H and O–H groups in total. The molecular formula is C23H24BrFN6O5S. The van der Waals surface area contributed by atoms with Crippen LogP contribution in [-0.2, 0) is 15.7 Å². The van der Waals surface area contributed by atoms with E-state index in [-0.39, 0.29) is 17.6 Å². The Morgan fingerprint density at radius 3 is 2.27 bits per heavy atom. The van der Waals surface area contributed by atoms with Crippen molar-refractivity contribution in [3.63, 3.8) is 0 Å². The predicted octanol–water partition coefficient (Wildman–Crippen LogP) is 4.42. The number of nitrogens with zero attached hydrogens (tertiary/aromatic N) is 5. The molecule has 0 fully saturated rings. The first kappa shape index (κ1) is 26.5.